The predicted octanol–water partition coefficient (Wildman–Crippen LogP) is 1.62. The molecule has 0 aromatic rings. The third-order valence-corrected chi connectivity index (χ3v) is 3.68. The van der Waals surface area contributed by atoms with Crippen LogP contribution in [-0.4, -0.2) is 43.8 Å². The maximum absolute atomic E-state index is 5.98. The Bertz CT molecular complexity index is 165. The molecule has 0 spiro atoms. The van der Waals surface area contributed by atoms with Gasteiger partial charge in [-0.1, -0.05) is 13.3 Å². The van der Waals surface area contributed by atoms with Crippen LogP contribution in [0.2, 0.25) is 0 Å². The van der Waals surface area contributed by atoms with Gasteiger partial charge in [0.15, 0.2) is 0 Å². The van der Waals surface area contributed by atoms with Crippen molar-refractivity contribution in [2.45, 2.75) is 44.6 Å². The fourth-order valence-corrected chi connectivity index (χ4v) is 2.37. The van der Waals surface area contributed by atoms with Crippen LogP contribution in [0.15, 0.2) is 0 Å². The maximum Gasteiger partial charge on any atom is 0.0484 e. The maximum atomic E-state index is 5.98. The minimum atomic E-state index is 0.200. The molecule has 3 heteroatoms. The van der Waals surface area contributed by atoms with Crippen LogP contribution in [-0.2, 0) is 4.74 Å². The molecule has 0 aromatic carbocycles. The second-order valence-corrected chi connectivity index (χ2v) is 4.67. The molecule has 1 fully saturated rings. The van der Waals surface area contributed by atoms with Gasteiger partial charge in [-0.3, -0.25) is 4.90 Å². The lowest BCUT2D eigenvalue weighted by Gasteiger charge is -2.40. The standard InChI is InChI=1S/C12H26N2O/c1-3-4-8-14(2)12(11-13)6-5-9-15-10-7-12/h3-11,13H2,1-2H3. The first-order chi connectivity index (χ1) is 7.25. The molecule has 1 rings (SSSR count). The molecule has 0 saturated carbocycles. The van der Waals surface area contributed by atoms with Gasteiger partial charge in [0.1, 0.15) is 0 Å². The Balaban J connectivity index is 2.55. The molecule has 1 heterocycles. The van der Waals surface area contributed by atoms with E-state index in [0.29, 0.717) is 0 Å². The lowest BCUT2D eigenvalue weighted by atomic mass is 9.88. The summed E-state index contributed by atoms with van der Waals surface area (Å²) in [4.78, 5) is 2.46. The predicted molar refractivity (Wildman–Crippen MR) is 64.0 cm³/mol. The zero-order valence-corrected chi connectivity index (χ0v) is 10.3. The zero-order valence-electron chi connectivity index (χ0n) is 10.3. The van der Waals surface area contributed by atoms with Crippen LogP contribution in [0.4, 0.5) is 0 Å². The van der Waals surface area contributed by atoms with Crippen LogP contribution in [0, 0.1) is 0 Å². The highest BCUT2D eigenvalue weighted by molar-refractivity contribution is 4.91. The smallest absolute Gasteiger partial charge is 0.0484 e. The van der Waals surface area contributed by atoms with Gasteiger partial charge in [0.2, 0.25) is 0 Å². The van der Waals surface area contributed by atoms with E-state index in [9.17, 15) is 0 Å². The van der Waals surface area contributed by atoms with Crippen molar-refractivity contribution >= 4 is 0 Å². The van der Waals surface area contributed by atoms with E-state index in [-0.39, 0.29) is 5.54 Å². The van der Waals surface area contributed by atoms with E-state index >= 15 is 0 Å². The van der Waals surface area contributed by atoms with Crippen molar-refractivity contribution in [1.82, 2.24) is 4.90 Å². The van der Waals surface area contributed by atoms with E-state index in [0.717, 1.165) is 39.1 Å². The molecule has 1 aliphatic rings. The van der Waals surface area contributed by atoms with Crippen molar-refractivity contribution in [3.63, 3.8) is 0 Å². The zero-order chi connectivity index (χ0) is 11.1. The molecule has 90 valence electrons. The molecule has 0 aromatic heterocycles. The van der Waals surface area contributed by atoms with Gasteiger partial charge in [-0.25, -0.2) is 0 Å². The Morgan fingerprint density at radius 1 is 1.33 bits per heavy atom. The van der Waals surface area contributed by atoms with Crippen LogP contribution >= 0.6 is 0 Å². The van der Waals surface area contributed by atoms with Crippen molar-refractivity contribution in [2.24, 2.45) is 5.73 Å². The molecule has 0 radical (unpaired) electrons. The van der Waals surface area contributed by atoms with Crippen LogP contribution in [0.3, 0.4) is 0 Å². The molecule has 1 atom stereocenters. The SMILES string of the molecule is CCCCN(C)C1(CN)CCCOCC1. The summed E-state index contributed by atoms with van der Waals surface area (Å²) in [7, 11) is 2.22. The summed E-state index contributed by atoms with van der Waals surface area (Å²) < 4.78 is 5.52. The molecule has 3 nitrogen and oxygen atoms in total. The third-order valence-electron chi connectivity index (χ3n) is 3.68. The molecular weight excluding hydrogens is 188 g/mol. The molecular formula is C12H26N2O. The largest absolute Gasteiger partial charge is 0.381 e. The number of hydrogen-bond acceptors (Lipinski definition) is 3. The highest BCUT2D eigenvalue weighted by Gasteiger charge is 2.33. The normalized spacial score (nSPS) is 28.0. The van der Waals surface area contributed by atoms with Crippen LogP contribution < -0.4 is 5.73 Å². The molecule has 1 saturated heterocycles. The van der Waals surface area contributed by atoms with Crippen molar-refractivity contribution in [2.75, 3.05) is 33.4 Å². The van der Waals surface area contributed by atoms with Gasteiger partial charge in [0.05, 0.1) is 0 Å². The average Bonchev–Trinajstić information content (AvgIpc) is 2.52. The molecule has 0 aliphatic carbocycles. The summed E-state index contributed by atoms with van der Waals surface area (Å²) in [5, 5.41) is 0. The number of nitrogens with two attached hydrogens (primary N) is 1. The highest BCUT2D eigenvalue weighted by atomic mass is 16.5. The summed E-state index contributed by atoms with van der Waals surface area (Å²) >= 11 is 0. The Kier molecular flexibility index (Phi) is 5.58. The molecule has 1 unspecified atom stereocenters. The number of likely N-dealkylation sites (N-methyl/N-ethyl adjacent to an activating group) is 1. The van der Waals surface area contributed by atoms with Gasteiger partial charge in [-0.2, -0.15) is 0 Å². The fraction of sp³-hybridized carbons (Fsp3) is 1.00. The third kappa shape index (κ3) is 3.44. The number of rotatable bonds is 5. The van der Waals surface area contributed by atoms with Gasteiger partial charge in [0.25, 0.3) is 0 Å². The lowest BCUT2D eigenvalue weighted by Crippen LogP contribution is -2.52. The number of ether oxygens (including phenoxy) is 1. The first kappa shape index (κ1) is 12.9. The van der Waals surface area contributed by atoms with Crippen molar-refractivity contribution in [3.8, 4) is 0 Å². The molecule has 0 amide bonds. The number of hydrogen-bond donors (Lipinski definition) is 1. The average molecular weight is 214 g/mol. The van der Waals surface area contributed by atoms with E-state index in [4.69, 9.17) is 10.5 Å². The van der Waals surface area contributed by atoms with E-state index < -0.39 is 0 Å². The first-order valence-electron chi connectivity index (χ1n) is 6.24. The van der Waals surface area contributed by atoms with E-state index in [2.05, 4.69) is 18.9 Å². The van der Waals surface area contributed by atoms with Crippen LogP contribution in [0.5, 0.6) is 0 Å². The summed E-state index contributed by atoms with van der Waals surface area (Å²) in [6, 6.07) is 0. The monoisotopic (exact) mass is 214 g/mol. The van der Waals surface area contributed by atoms with Crippen molar-refractivity contribution in [3.05, 3.63) is 0 Å². The molecule has 15 heavy (non-hydrogen) atoms. The van der Waals surface area contributed by atoms with Crippen molar-refractivity contribution in [1.29, 1.82) is 0 Å². The second-order valence-electron chi connectivity index (χ2n) is 4.67. The van der Waals surface area contributed by atoms with Crippen molar-refractivity contribution < 1.29 is 4.74 Å². The first-order valence-corrected chi connectivity index (χ1v) is 6.24. The van der Waals surface area contributed by atoms with Gasteiger partial charge >= 0.3 is 0 Å². The van der Waals surface area contributed by atoms with E-state index in [1.165, 1.54) is 19.3 Å². The lowest BCUT2D eigenvalue weighted by molar-refractivity contribution is 0.0879. The van der Waals surface area contributed by atoms with Gasteiger partial charge < -0.3 is 10.5 Å². The number of unbranched alkanes of at least 4 members (excludes halogenated alkanes) is 1. The van der Waals surface area contributed by atoms with Gasteiger partial charge in [-0.15, -0.1) is 0 Å². The quantitative estimate of drug-likeness (QED) is 0.756. The number of nitrogens with zero attached hydrogens (tertiary/aromatic N) is 1. The summed E-state index contributed by atoms with van der Waals surface area (Å²) in [5.41, 5.74) is 6.18. The Hall–Kier alpha value is -0.120. The topological polar surface area (TPSA) is 38.5 Å². The Morgan fingerprint density at radius 2 is 2.13 bits per heavy atom. The molecule has 0 bridgehead atoms. The summed E-state index contributed by atoms with van der Waals surface area (Å²) in [6.45, 7) is 5.93. The van der Waals surface area contributed by atoms with E-state index in [1.807, 2.05) is 0 Å². The molecule has 1 aliphatic heterocycles. The summed E-state index contributed by atoms with van der Waals surface area (Å²) in [5.74, 6) is 0. The summed E-state index contributed by atoms with van der Waals surface area (Å²) in [6.07, 6.45) is 5.93. The minimum Gasteiger partial charge on any atom is -0.381 e. The van der Waals surface area contributed by atoms with Crippen LogP contribution in [0.1, 0.15) is 39.0 Å². The van der Waals surface area contributed by atoms with Gasteiger partial charge in [-0.05, 0) is 39.3 Å². The second kappa shape index (κ2) is 6.46. The van der Waals surface area contributed by atoms with Gasteiger partial charge in [0, 0.05) is 25.3 Å². The Morgan fingerprint density at radius 3 is 2.80 bits per heavy atom. The van der Waals surface area contributed by atoms with E-state index in [1.54, 1.807) is 0 Å². The van der Waals surface area contributed by atoms with Crippen LogP contribution in [0.25, 0.3) is 0 Å². The minimum absolute atomic E-state index is 0.200. The Labute approximate surface area is 94.0 Å². The molecule has 2 N–H and O–H groups in total. The fourth-order valence-electron chi connectivity index (χ4n) is 2.37. The highest BCUT2D eigenvalue weighted by Crippen LogP contribution is 2.26.